The Morgan fingerprint density at radius 1 is 1.25 bits per heavy atom. The van der Waals surface area contributed by atoms with Crippen molar-refractivity contribution >= 4 is 11.6 Å². The number of ether oxygens (including phenoxy) is 1. The van der Waals surface area contributed by atoms with E-state index in [1.165, 1.54) is 0 Å². The van der Waals surface area contributed by atoms with Crippen LogP contribution in [0.4, 0.5) is 5.69 Å². The van der Waals surface area contributed by atoms with Crippen LogP contribution in [0, 0.1) is 0 Å². The van der Waals surface area contributed by atoms with Crippen LogP contribution in [0.15, 0.2) is 24.3 Å². The fourth-order valence-electron chi connectivity index (χ4n) is 1.86. The Morgan fingerprint density at radius 2 is 1.90 bits per heavy atom. The van der Waals surface area contributed by atoms with Gasteiger partial charge in [0.05, 0.1) is 6.61 Å². The molecule has 20 heavy (non-hydrogen) atoms. The standard InChI is InChI=1S/C12H17N3O5/c13-7-3-1-6(2-4-7)11(19)14-15-12-10(18)9(17)8(5-16)20-12/h1-4,8-10,12,15-18H,5,13H2,(H,14,19). The Morgan fingerprint density at radius 3 is 2.45 bits per heavy atom. The fourth-order valence-corrected chi connectivity index (χ4v) is 1.86. The van der Waals surface area contributed by atoms with Gasteiger partial charge < -0.3 is 25.8 Å². The monoisotopic (exact) mass is 283 g/mol. The second-order valence-corrected chi connectivity index (χ2v) is 4.48. The van der Waals surface area contributed by atoms with E-state index >= 15 is 0 Å². The Labute approximate surface area is 115 Å². The molecule has 110 valence electrons. The van der Waals surface area contributed by atoms with Gasteiger partial charge in [-0.3, -0.25) is 10.2 Å². The van der Waals surface area contributed by atoms with E-state index in [1.807, 2.05) is 0 Å². The molecule has 1 aliphatic heterocycles. The molecule has 7 N–H and O–H groups in total. The van der Waals surface area contributed by atoms with Crippen LogP contribution in [0.3, 0.4) is 0 Å². The molecule has 0 aromatic heterocycles. The van der Waals surface area contributed by atoms with Crippen LogP contribution in [-0.2, 0) is 4.74 Å². The van der Waals surface area contributed by atoms with Crippen molar-refractivity contribution in [1.82, 2.24) is 10.9 Å². The first-order chi connectivity index (χ1) is 9.52. The zero-order valence-electron chi connectivity index (χ0n) is 10.6. The number of aliphatic hydroxyl groups excluding tert-OH is 3. The number of hydrogen-bond donors (Lipinski definition) is 6. The Balaban J connectivity index is 1.89. The molecule has 1 amide bonds. The zero-order valence-corrected chi connectivity index (χ0v) is 10.6. The molecule has 4 unspecified atom stereocenters. The number of nitrogens with one attached hydrogen (secondary N) is 2. The van der Waals surface area contributed by atoms with Crippen LogP contribution < -0.4 is 16.6 Å². The van der Waals surface area contributed by atoms with E-state index in [0.29, 0.717) is 11.3 Å². The molecular formula is C12H17N3O5. The Bertz CT molecular complexity index is 467. The number of hydrogen-bond acceptors (Lipinski definition) is 7. The van der Waals surface area contributed by atoms with Gasteiger partial charge in [-0.1, -0.05) is 0 Å². The number of amides is 1. The maximum atomic E-state index is 11.8. The van der Waals surface area contributed by atoms with Gasteiger partial charge >= 0.3 is 0 Å². The van der Waals surface area contributed by atoms with E-state index in [2.05, 4.69) is 10.9 Å². The number of rotatable bonds is 4. The molecule has 0 saturated carbocycles. The van der Waals surface area contributed by atoms with Crippen LogP contribution in [0.2, 0.25) is 0 Å². The van der Waals surface area contributed by atoms with E-state index < -0.39 is 37.1 Å². The molecular weight excluding hydrogens is 266 g/mol. The Hall–Kier alpha value is -1.71. The SMILES string of the molecule is Nc1ccc(C(=O)NNC2OC(CO)C(O)C2O)cc1. The molecule has 2 rings (SSSR count). The van der Waals surface area contributed by atoms with E-state index in [4.69, 9.17) is 15.6 Å². The van der Waals surface area contributed by atoms with Gasteiger partial charge in [0.15, 0.2) is 6.23 Å². The van der Waals surface area contributed by atoms with Crippen LogP contribution in [0.25, 0.3) is 0 Å². The molecule has 0 radical (unpaired) electrons. The largest absolute Gasteiger partial charge is 0.399 e. The highest BCUT2D eigenvalue weighted by Crippen LogP contribution is 2.18. The van der Waals surface area contributed by atoms with Gasteiger partial charge in [0.1, 0.15) is 18.3 Å². The highest BCUT2D eigenvalue weighted by molar-refractivity contribution is 5.94. The third-order valence-electron chi connectivity index (χ3n) is 3.04. The summed E-state index contributed by atoms with van der Waals surface area (Å²) >= 11 is 0. The van der Waals surface area contributed by atoms with E-state index in [0.717, 1.165) is 0 Å². The molecule has 1 aromatic rings. The summed E-state index contributed by atoms with van der Waals surface area (Å²) in [6.45, 7) is -0.428. The maximum absolute atomic E-state index is 11.8. The molecule has 8 heteroatoms. The summed E-state index contributed by atoms with van der Waals surface area (Å²) in [5.74, 6) is -0.442. The normalized spacial score (nSPS) is 29.4. The van der Waals surface area contributed by atoms with Crippen LogP contribution >= 0.6 is 0 Å². The van der Waals surface area contributed by atoms with Gasteiger partial charge in [0.2, 0.25) is 0 Å². The van der Waals surface area contributed by atoms with Crippen molar-refractivity contribution in [2.45, 2.75) is 24.5 Å². The van der Waals surface area contributed by atoms with Crippen LogP contribution in [0.1, 0.15) is 10.4 Å². The summed E-state index contributed by atoms with van der Waals surface area (Å²) in [6, 6.07) is 6.26. The number of anilines is 1. The quantitative estimate of drug-likeness (QED) is 0.276. The molecule has 0 bridgehead atoms. The topological polar surface area (TPSA) is 137 Å². The molecule has 1 aromatic carbocycles. The van der Waals surface area contributed by atoms with Gasteiger partial charge in [0, 0.05) is 11.3 Å². The molecule has 1 heterocycles. The first-order valence-electron chi connectivity index (χ1n) is 6.07. The predicted molar refractivity (Wildman–Crippen MR) is 69.2 cm³/mol. The number of carbonyl (C=O) groups is 1. The molecule has 1 saturated heterocycles. The van der Waals surface area contributed by atoms with Crippen molar-refractivity contribution in [2.24, 2.45) is 0 Å². The van der Waals surface area contributed by atoms with Crippen LogP contribution in [0.5, 0.6) is 0 Å². The Kier molecular flexibility index (Phi) is 4.53. The summed E-state index contributed by atoms with van der Waals surface area (Å²) in [5.41, 5.74) is 11.2. The minimum absolute atomic E-state index is 0.374. The lowest BCUT2D eigenvalue weighted by Crippen LogP contribution is -2.49. The van der Waals surface area contributed by atoms with Gasteiger partial charge in [-0.2, -0.15) is 0 Å². The average molecular weight is 283 g/mol. The number of benzene rings is 1. The second-order valence-electron chi connectivity index (χ2n) is 4.48. The van der Waals surface area contributed by atoms with Crippen molar-refractivity contribution in [1.29, 1.82) is 0 Å². The highest BCUT2D eigenvalue weighted by Gasteiger charge is 2.42. The number of nitrogens with two attached hydrogens (primary N) is 1. The zero-order chi connectivity index (χ0) is 14.7. The lowest BCUT2D eigenvalue weighted by Gasteiger charge is -2.17. The van der Waals surface area contributed by atoms with Crippen LogP contribution in [-0.4, -0.2) is 52.4 Å². The second kappa shape index (κ2) is 6.16. The van der Waals surface area contributed by atoms with E-state index in [-0.39, 0.29) is 0 Å². The van der Waals surface area contributed by atoms with E-state index in [1.54, 1.807) is 24.3 Å². The van der Waals surface area contributed by atoms with Crippen molar-refractivity contribution in [3.8, 4) is 0 Å². The summed E-state index contributed by atoms with van der Waals surface area (Å²) in [4.78, 5) is 11.8. The van der Waals surface area contributed by atoms with Gasteiger partial charge in [0.25, 0.3) is 5.91 Å². The van der Waals surface area contributed by atoms with Gasteiger partial charge in [-0.05, 0) is 24.3 Å². The van der Waals surface area contributed by atoms with Gasteiger partial charge in [-0.25, -0.2) is 5.43 Å². The predicted octanol–water partition coefficient (Wildman–Crippen LogP) is -2.06. The number of carbonyl (C=O) groups excluding carboxylic acids is 1. The van der Waals surface area contributed by atoms with Crippen molar-refractivity contribution in [3.05, 3.63) is 29.8 Å². The summed E-state index contributed by atoms with van der Waals surface area (Å²) in [5, 5.41) is 28.1. The minimum atomic E-state index is -1.25. The molecule has 0 spiro atoms. The third kappa shape index (κ3) is 3.06. The lowest BCUT2D eigenvalue weighted by molar-refractivity contribution is -0.0375. The lowest BCUT2D eigenvalue weighted by atomic mass is 10.1. The van der Waals surface area contributed by atoms with Gasteiger partial charge in [-0.15, -0.1) is 0 Å². The smallest absolute Gasteiger partial charge is 0.265 e. The summed E-state index contributed by atoms with van der Waals surface area (Å²) in [7, 11) is 0. The summed E-state index contributed by atoms with van der Waals surface area (Å²) in [6.07, 6.45) is -4.36. The average Bonchev–Trinajstić information content (AvgIpc) is 2.73. The number of nitrogen functional groups attached to an aromatic ring is 1. The highest BCUT2D eigenvalue weighted by atomic mass is 16.6. The first kappa shape index (κ1) is 14.7. The molecule has 1 aliphatic rings. The van der Waals surface area contributed by atoms with E-state index in [9.17, 15) is 15.0 Å². The first-order valence-corrected chi connectivity index (χ1v) is 6.07. The molecule has 8 nitrogen and oxygen atoms in total. The maximum Gasteiger partial charge on any atom is 0.265 e. The van der Waals surface area contributed by atoms with Crippen molar-refractivity contribution in [3.63, 3.8) is 0 Å². The molecule has 1 fully saturated rings. The number of hydrazine groups is 1. The minimum Gasteiger partial charge on any atom is -0.399 e. The summed E-state index contributed by atoms with van der Waals surface area (Å²) < 4.78 is 5.14. The molecule has 4 atom stereocenters. The van der Waals surface area contributed by atoms with Crippen molar-refractivity contribution in [2.75, 3.05) is 12.3 Å². The fraction of sp³-hybridized carbons (Fsp3) is 0.417. The van der Waals surface area contributed by atoms with Crippen molar-refractivity contribution < 1.29 is 24.9 Å². The number of aliphatic hydroxyl groups is 3. The molecule has 0 aliphatic carbocycles. The third-order valence-corrected chi connectivity index (χ3v) is 3.04.